The summed E-state index contributed by atoms with van der Waals surface area (Å²) in [7, 11) is 0. The summed E-state index contributed by atoms with van der Waals surface area (Å²) in [5.74, 6) is 2.25. The summed E-state index contributed by atoms with van der Waals surface area (Å²) in [6.07, 6.45) is 8.30. The second-order valence-electron chi connectivity index (χ2n) is 8.55. The third-order valence-electron chi connectivity index (χ3n) is 6.52. The Morgan fingerprint density at radius 2 is 1.96 bits per heavy atom. The molecule has 1 saturated carbocycles. The van der Waals surface area contributed by atoms with Crippen LogP contribution in [0.15, 0.2) is 24.3 Å². The van der Waals surface area contributed by atoms with E-state index in [1.54, 1.807) is 0 Å². The van der Waals surface area contributed by atoms with E-state index in [1.165, 1.54) is 41.8 Å². The predicted molar refractivity (Wildman–Crippen MR) is 111 cm³/mol. The lowest BCUT2D eigenvalue weighted by Crippen LogP contribution is -2.32. The zero-order valence-electron chi connectivity index (χ0n) is 16.5. The van der Waals surface area contributed by atoms with E-state index in [1.807, 2.05) is 19.1 Å². The summed E-state index contributed by atoms with van der Waals surface area (Å²) in [5, 5.41) is 0.786. The lowest BCUT2D eigenvalue weighted by Gasteiger charge is -2.37. The van der Waals surface area contributed by atoms with Crippen LogP contribution in [0.25, 0.3) is 0 Å². The number of nitrogens with two attached hydrogens (primary N) is 1. The average Bonchev–Trinajstić information content (AvgIpc) is 3.48. The molecule has 2 aliphatic carbocycles. The highest BCUT2D eigenvalue weighted by Gasteiger charge is 2.40. The number of hydrogen-bond acceptors (Lipinski definition) is 3. The Morgan fingerprint density at radius 3 is 2.63 bits per heavy atom. The maximum absolute atomic E-state index is 6.14. The van der Waals surface area contributed by atoms with Gasteiger partial charge in [-0.15, -0.1) is 0 Å². The summed E-state index contributed by atoms with van der Waals surface area (Å²) < 4.78 is 0. The highest BCUT2D eigenvalue weighted by atomic mass is 35.5. The van der Waals surface area contributed by atoms with Crippen LogP contribution in [0, 0.1) is 12.8 Å². The van der Waals surface area contributed by atoms with Gasteiger partial charge in [0.15, 0.2) is 0 Å². The Labute approximate surface area is 167 Å². The van der Waals surface area contributed by atoms with Gasteiger partial charge in [-0.05, 0) is 94.5 Å². The third kappa shape index (κ3) is 3.64. The summed E-state index contributed by atoms with van der Waals surface area (Å²) >= 11 is 6.14. The van der Waals surface area contributed by atoms with E-state index in [0.29, 0.717) is 5.92 Å². The molecule has 0 bridgehead atoms. The van der Waals surface area contributed by atoms with Crippen LogP contribution in [0.3, 0.4) is 0 Å². The Morgan fingerprint density at radius 1 is 1.22 bits per heavy atom. The van der Waals surface area contributed by atoms with Crippen LogP contribution in [0.5, 0.6) is 0 Å². The molecule has 1 aromatic heterocycles. The fourth-order valence-electron chi connectivity index (χ4n) is 4.89. The molecule has 2 aromatic rings. The first kappa shape index (κ1) is 18.9. The number of aryl methyl sites for hydroxylation is 1. The molecule has 3 nitrogen and oxygen atoms in total. The van der Waals surface area contributed by atoms with Crippen molar-refractivity contribution in [2.24, 2.45) is 11.7 Å². The van der Waals surface area contributed by atoms with Gasteiger partial charge in [-0.2, -0.15) is 0 Å². The SMILES string of the molecule is Cc1nc(C(CCCN)C2CC2)c2c(n1)C(C)(c1ccc(Cl)cc1)CCC2. The maximum atomic E-state index is 6.14. The van der Waals surface area contributed by atoms with Crippen LogP contribution in [-0.2, 0) is 11.8 Å². The number of aromatic nitrogens is 2. The normalized spacial score (nSPS) is 23.1. The molecule has 0 radical (unpaired) electrons. The molecule has 1 heterocycles. The minimum absolute atomic E-state index is 0.0669. The number of halogens is 1. The third-order valence-corrected chi connectivity index (χ3v) is 6.77. The molecule has 0 saturated heterocycles. The van der Waals surface area contributed by atoms with Crippen LogP contribution in [0.2, 0.25) is 5.02 Å². The van der Waals surface area contributed by atoms with Crippen molar-refractivity contribution < 1.29 is 0 Å². The molecule has 4 heteroatoms. The van der Waals surface area contributed by atoms with Gasteiger partial charge in [0.25, 0.3) is 0 Å². The first-order valence-electron chi connectivity index (χ1n) is 10.4. The molecule has 27 heavy (non-hydrogen) atoms. The smallest absolute Gasteiger partial charge is 0.125 e. The number of benzene rings is 1. The molecule has 0 amide bonds. The first-order valence-corrected chi connectivity index (χ1v) is 10.7. The van der Waals surface area contributed by atoms with Crippen LogP contribution in [0.1, 0.15) is 79.7 Å². The van der Waals surface area contributed by atoms with Crippen molar-refractivity contribution in [3.05, 3.63) is 57.6 Å². The van der Waals surface area contributed by atoms with Crippen molar-refractivity contribution in [1.82, 2.24) is 9.97 Å². The van der Waals surface area contributed by atoms with Crippen LogP contribution in [0.4, 0.5) is 0 Å². The van der Waals surface area contributed by atoms with Gasteiger partial charge in [0.05, 0.1) is 11.4 Å². The molecule has 2 N–H and O–H groups in total. The van der Waals surface area contributed by atoms with Crippen molar-refractivity contribution in [3.8, 4) is 0 Å². The number of fused-ring (bicyclic) bond motifs is 1. The topological polar surface area (TPSA) is 51.8 Å². The minimum Gasteiger partial charge on any atom is -0.330 e. The molecule has 2 atom stereocenters. The summed E-state index contributed by atoms with van der Waals surface area (Å²) in [4.78, 5) is 10.0. The van der Waals surface area contributed by atoms with E-state index in [9.17, 15) is 0 Å². The van der Waals surface area contributed by atoms with E-state index < -0.39 is 0 Å². The number of nitrogens with zero attached hydrogens (tertiary/aromatic N) is 2. The fourth-order valence-corrected chi connectivity index (χ4v) is 5.02. The zero-order valence-corrected chi connectivity index (χ0v) is 17.2. The molecular weight excluding hydrogens is 354 g/mol. The van der Waals surface area contributed by atoms with Gasteiger partial charge in [0.2, 0.25) is 0 Å². The van der Waals surface area contributed by atoms with Crippen molar-refractivity contribution >= 4 is 11.6 Å². The molecule has 2 unspecified atom stereocenters. The van der Waals surface area contributed by atoms with Crippen molar-refractivity contribution in [1.29, 1.82) is 0 Å². The molecular formula is C23H30ClN3. The predicted octanol–water partition coefficient (Wildman–Crippen LogP) is 5.31. The maximum Gasteiger partial charge on any atom is 0.125 e. The number of hydrogen-bond donors (Lipinski definition) is 1. The largest absolute Gasteiger partial charge is 0.330 e. The highest BCUT2D eigenvalue weighted by molar-refractivity contribution is 6.30. The summed E-state index contributed by atoms with van der Waals surface area (Å²) in [6.45, 7) is 5.15. The molecule has 1 aromatic carbocycles. The van der Waals surface area contributed by atoms with E-state index in [-0.39, 0.29) is 5.41 Å². The fraction of sp³-hybridized carbons (Fsp3) is 0.565. The first-order chi connectivity index (χ1) is 13.0. The minimum atomic E-state index is -0.0669. The number of rotatable bonds is 6. The molecule has 0 aliphatic heterocycles. The Hall–Kier alpha value is -1.45. The van der Waals surface area contributed by atoms with Gasteiger partial charge in [0, 0.05) is 16.4 Å². The second-order valence-corrected chi connectivity index (χ2v) is 8.99. The van der Waals surface area contributed by atoms with Gasteiger partial charge in [-0.3, -0.25) is 0 Å². The summed E-state index contributed by atoms with van der Waals surface area (Å²) in [5.41, 5.74) is 11.1. The Bertz CT molecular complexity index is 813. The molecule has 4 rings (SSSR count). The second kappa shape index (κ2) is 7.52. The van der Waals surface area contributed by atoms with Crippen LogP contribution in [-0.4, -0.2) is 16.5 Å². The van der Waals surface area contributed by atoms with Gasteiger partial charge >= 0.3 is 0 Å². The highest BCUT2D eigenvalue weighted by Crippen LogP contribution is 2.49. The van der Waals surface area contributed by atoms with Crippen LogP contribution >= 0.6 is 11.6 Å². The lowest BCUT2D eigenvalue weighted by molar-refractivity contribution is 0.434. The molecule has 0 spiro atoms. The van der Waals surface area contributed by atoms with Gasteiger partial charge < -0.3 is 5.73 Å². The zero-order chi connectivity index (χ0) is 19.0. The molecule has 1 fully saturated rings. The van der Waals surface area contributed by atoms with Gasteiger partial charge in [0.1, 0.15) is 5.82 Å². The van der Waals surface area contributed by atoms with Gasteiger partial charge in [-0.25, -0.2) is 9.97 Å². The van der Waals surface area contributed by atoms with E-state index in [0.717, 1.165) is 49.0 Å². The Balaban J connectivity index is 1.81. The van der Waals surface area contributed by atoms with E-state index >= 15 is 0 Å². The summed E-state index contributed by atoms with van der Waals surface area (Å²) in [6, 6.07) is 8.34. The van der Waals surface area contributed by atoms with Crippen molar-refractivity contribution in [2.45, 2.75) is 70.1 Å². The Kier molecular flexibility index (Phi) is 5.26. The van der Waals surface area contributed by atoms with E-state index in [2.05, 4.69) is 19.1 Å². The lowest BCUT2D eigenvalue weighted by atomic mass is 9.68. The average molecular weight is 384 g/mol. The van der Waals surface area contributed by atoms with Gasteiger partial charge in [-0.1, -0.05) is 23.7 Å². The standard InChI is InChI=1S/C23H30ClN3/c1-15-26-21(19(6-4-14-25)16-7-8-16)20-5-3-13-23(2,22(20)27-15)17-9-11-18(24)12-10-17/h9-12,16,19H,3-8,13-14,25H2,1-2H3. The monoisotopic (exact) mass is 383 g/mol. The quantitative estimate of drug-likeness (QED) is 0.734. The van der Waals surface area contributed by atoms with Crippen LogP contribution < -0.4 is 5.73 Å². The molecule has 2 aliphatic rings. The van der Waals surface area contributed by atoms with Crippen molar-refractivity contribution in [2.75, 3.05) is 6.54 Å². The van der Waals surface area contributed by atoms with E-state index in [4.69, 9.17) is 27.3 Å². The molecule has 144 valence electrons. The van der Waals surface area contributed by atoms with Crippen molar-refractivity contribution in [3.63, 3.8) is 0 Å².